The fourth-order valence-corrected chi connectivity index (χ4v) is 2.65. The van der Waals surface area contributed by atoms with Gasteiger partial charge in [-0.3, -0.25) is 9.97 Å². The normalized spacial score (nSPS) is 12.2. The molecule has 0 spiro atoms. The number of likely N-dealkylation sites (N-methyl/N-ethyl adjacent to an activating group) is 1. The minimum Gasteiger partial charge on any atom is -0.496 e. The van der Waals surface area contributed by atoms with Gasteiger partial charge in [0.05, 0.1) is 30.7 Å². The van der Waals surface area contributed by atoms with E-state index in [1.807, 2.05) is 25.3 Å². The van der Waals surface area contributed by atoms with Crippen LogP contribution in [0.2, 0.25) is 0 Å². The summed E-state index contributed by atoms with van der Waals surface area (Å²) in [5.41, 5.74) is 3.01. The smallest absolute Gasteiger partial charge is 0.122 e. The third-order valence-corrected chi connectivity index (χ3v) is 3.77. The Labute approximate surface area is 134 Å². The van der Waals surface area contributed by atoms with Crippen LogP contribution in [-0.2, 0) is 6.42 Å². The minimum absolute atomic E-state index is 0.117. The van der Waals surface area contributed by atoms with Gasteiger partial charge in [-0.2, -0.15) is 0 Å². The van der Waals surface area contributed by atoms with Gasteiger partial charge >= 0.3 is 0 Å². The van der Waals surface area contributed by atoms with E-state index in [9.17, 15) is 0 Å². The van der Waals surface area contributed by atoms with Gasteiger partial charge in [0.2, 0.25) is 0 Å². The number of aromatic nitrogens is 2. The average molecular weight is 350 g/mol. The summed E-state index contributed by atoms with van der Waals surface area (Å²) in [6, 6.07) is 6.16. The molecule has 1 heterocycles. The monoisotopic (exact) mass is 349 g/mol. The molecular weight excluding hydrogens is 330 g/mol. The molecule has 1 unspecified atom stereocenters. The molecule has 0 saturated carbocycles. The van der Waals surface area contributed by atoms with Crippen molar-refractivity contribution in [2.45, 2.75) is 26.3 Å². The van der Waals surface area contributed by atoms with Crippen LogP contribution < -0.4 is 10.1 Å². The Morgan fingerprint density at radius 3 is 2.71 bits per heavy atom. The molecule has 1 aromatic heterocycles. The lowest BCUT2D eigenvalue weighted by molar-refractivity contribution is 0.405. The fraction of sp³-hybridized carbons (Fsp3) is 0.375. The van der Waals surface area contributed by atoms with Crippen LogP contribution >= 0.6 is 15.9 Å². The summed E-state index contributed by atoms with van der Waals surface area (Å²) in [4.78, 5) is 8.83. The molecule has 21 heavy (non-hydrogen) atoms. The SMILES string of the molecule is CCNC(Cc1cc(Br)ccc1OC)c1cnc(C)cn1. The number of nitrogens with one attached hydrogen (secondary N) is 1. The van der Waals surface area contributed by atoms with E-state index in [2.05, 4.69) is 44.2 Å². The van der Waals surface area contributed by atoms with Gasteiger partial charge in [-0.15, -0.1) is 0 Å². The molecule has 0 aliphatic carbocycles. The summed E-state index contributed by atoms with van der Waals surface area (Å²) in [7, 11) is 1.70. The first-order chi connectivity index (χ1) is 10.1. The maximum Gasteiger partial charge on any atom is 0.122 e. The number of benzene rings is 1. The second kappa shape index (κ2) is 7.52. The van der Waals surface area contributed by atoms with E-state index in [0.717, 1.165) is 40.1 Å². The van der Waals surface area contributed by atoms with E-state index in [1.165, 1.54) is 0 Å². The van der Waals surface area contributed by atoms with Gasteiger partial charge in [0.25, 0.3) is 0 Å². The van der Waals surface area contributed by atoms with E-state index >= 15 is 0 Å². The van der Waals surface area contributed by atoms with Crippen molar-refractivity contribution in [3.63, 3.8) is 0 Å². The number of ether oxygens (including phenoxy) is 1. The van der Waals surface area contributed by atoms with Crippen molar-refractivity contribution in [2.75, 3.05) is 13.7 Å². The second-order valence-corrected chi connectivity index (χ2v) is 5.77. The van der Waals surface area contributed by atoms with Crippen molar-refractivity contribution in [1.29, 1.82) is 0 Å². The van der Waals surface area contributed by atoms with Gasteiger partial charge < -0.3 is 10.1 Å². The molecule has 1 N–H and O–H groups in total. The van der Waals surface area contributed by atoms with Crippen molar-refractivity contribution < 1.29 is 4.74 Å². The first kappa shape index (κ1) is 15.9. The van der Waals surface area contributed by atoms with Crippen molar-refractivity contribution in [3.05, 3.63) is 52.0 Å². The Bertz CT molecular complexity index is 587. The van der Waals surface area contributed by atoms with Crippen molar-refractivity contribution in [3.8, 4) is 5.75 Å². The van der Waals surface area contributed by atoms with Gasteiger partial charge in [0.1, 0.15) is 5.75 Å². The van der Waals surface area contributed by atoms with Crippen molar-refractivity contribution in [1.82, 2.24) is 15.3 Å². The van der Waals surface area contributed by atoms with E-state index in [4.69, 9.17) is 4.74 Å². The number of halogens is 1. The van der Waals surface area contributed by atoms with Gasteiger partial charge in [-0.05, 0) is 43.7 Å². The summed E-state index contributed by atoms with van der Waals surface area (Å²) in [6.07, 6.45) is 4.44. The zero-order valence-electron chi connectivity index (χ0n) is 12.6. The van der Waals surface area contributed by atoms with Crippen molar-refractivity contribution >= 4 is 15.9 Å². The molecular formula is C16H20BrN3O. The van der Waals surface area contributed by atoms with Gasteiger partial charge in [-0.25, -0.2) is 0 Å². The summed E-state index contributed by atoms with van der Waals surface area (Å²) < 4.78 is 6.49. The number of aryl methyl sites for hydroxylation is 1. The lowest BCUT2D eigenvalue weighted by atomic mass is 10.0. The summed E-state index contributed by atoms with van der Waals surface area (Å²) in [5, 5.41) is 3.46. The highest BCUT2D eigenvalue weighted by atomic mass is 79.9. The van der Waals surface area contributed by atoms with Gasteiger partial charge in [0.15, 0.2) is 0 Å². The molecule has 0 aliphatic heterocycles. The Balaban J connectivity index is 2.27. The Kier molecular flexibility index (Phi) is 5.70. The number of hydrogen-bond donors (Lipinski definition) is 1. The van der Waals surface area contributed by atoms with E-state index in [-0.39, 0.29) is 6.04 Å². The lowest BCUT2D eigenvalue weighted by Crippen LogP contribution is -2.24. The lowest BCUT2D eigenvalue weighted by Gasteiger charge is -2.19. The van der Waals surface area contributed by atoms with Crippen LogP contribution in [-0.4, -0.2) is 23.6 Å². The predicted molar refractivity (Wildman–Crippen MR) is 87.6 cm³/mol. The molecule has 4 nitrogen and oxygen atoms in total. The molecule has 2 aromatic rings. The maximum absolute atomic E-state index is 5.45. The summed E-state index contributed by atoms with van der Waals surface area (Å²) >= 11 is 3.52. The van der Waals surface area contributed by atoms with Crippen LogP contribution in [0.25, 0.3) is 0 Å². The minimum atomic E-state index is 0.117. The third-order valence-electron chi connectivity index (χ3n) is 3.27. The number of methoxy groups -OCH3 is 1. The van der Waals surface area contributed by atoms with E-state index < -0.39 is 0 Å². The van der Waals surface area contributed by atoms with E-state index in [1.54, 1.807) is 13.3 Å². The fourth-order valence-electron chi connectivity index (χ4n) is 2.24. The molecule has 2 rings (SSSR count). The quantitative estimate of drug-likeness (QED) is 0.867. The molecule has 1 aromatic carbocycles. The Hall–Kier alpha value is -1.46. The second-order valence-electron chi connectivity index (χ2n) is 4.85. The molecule has 112 valence electrons. The highest BCUT2D eigenvalue weighted by molar-refractivity contribution is 9.10. The molecule has 0 fully saturated rings. The molecule has 0 bridgehead atoms. The summed E-state index contributed by atoms with van der Waals surface area (Å²) in [6.45, 7) is 4.90. The molecule has 5 heteroatoms. The maximum atomic E-state index is 5.45. The van der Waals surface area contributed by atoms with Gasteiger partial charge in [-0.1, -0.05) is 22.9 Å². The summed E-state index contributed by atoms with van der Waals surface area (Å²) in [5.74, 6) is 0.890. The molecule has 0 amide bonds. The highest BCUT2D eigenvalue weighted by Crippen LogP contribution is 2.27. The third kappa shape index (κ3) is 4.25. The zero-order chi connectivity index (χ0) is 15.2. The molecule has 0 aliphatic rings. The van der Waals surface area contributed by atoms with Crippen LogP contribution in [0.15, 0.2) is 35.1 Å². The highest BCUT2D eigenvalue weighted by Gasteiger charge is 2.16. The standard InChI is InChI=1S/C16H20BrN3O/c1-4-18-14(15-10-19-11(2)9-20-15)8-12-7-13(17)5-6-16(12)21-3/h5-7,9-10,14,18H,4,8H2,1-3H3. The van der Waals surface area contributed by atoms with E-state index in [0.29, 0.717) is 0 Å². The van der Waals surface area contributed by atoms with Crippen LogP contribution in [0.5, 0.6) is 5.75 Å². The molecule has 1 atom stereocenters. The Morgan fingerprint density at radius 1 is 1.29 bits per heavy atom. The van der Waals surface area contributed by atoms with Crippen LogP contribution in [0.1, 0.15) is 29.9 Å². The topological polar surface area (TPSA) is 47.0 Å². The van der Waals surface area contributed by atoms with Crippen LogP contribution in [0.3, 0.4) is 0 Å². The largest absolute Gasteiger partial charge is 0.496 e. The number of hydrogen-bond acceptors (Lipinski definition) is 4. The van der Waals surface area contributed by atoms with Crippen molar-refractivity contribution in [2.24, 2.45) is 0 Å². The number of rotatable bonds is 6. The first-order valence-electron chi connectivity index (χ1n) is 6.98. The van der Waals surface area contributed by atoms with Gasteiger partial charge in [0, 0.05) is 10.7 Å². The average Bonchev–Trinajstić information content (AvgIpc) is 2.48. The van der Waals surface area contributed by atoms with Crippen LogP contribution in [0.4, 0.5) is 0 Å². The van der Waals surface area contributed by atoms with Crippen LogP contribution in [0, 0.1) is 6.92 Å². The first-order valence-corrected chi connectivity index (χ1v) is 7.77. The Morgan fingerprint density at radius 2 is 2.10 bits per heavy atom. The molecule has 0 radical (unpaired) electrons. The predicted octanol–water partition coefficient (Wildman–Crippen LogP) is 3.45. The molecule has 0 saturated heterocycles. The zero-order valence-corrected chi connectivity index (χ0v) is 14.1. The number of nitrogens with zero attached hydrogens (tertiary/aromatic N) is 2.